The zero-order chi connectivity index (χ0) is 20.1. The van der Waals surface area contributed by atoms with E-state index in [-0.39, 0.29) is 24.2 Å². The monoisotopic (exact) mass is 381 g/mol. The summed E-state index contributed by atoms with van der Waals surface area (Å²) in [5, 5.41) is 5.29. The second-order valence-electron chi connectivity index (χ2n) is 6.41. The highest BCUT2D eigenvalue weighted by molar-refractivity contribution is 6.10. The molecule has 2 aromatic rings. The molecule has 2 amide bonds. The summed E-state index contributed by atoms with van der Waals surface area (Å²) in [6.07, 6.45) is 0.181. The third-order valence-electron chi connectivity index (χ3n) is 4.31. The Morgan fingerprint density at radius 3 is 2.79 bits per heavy atom. The Balaban J connectivity index is 1.82. The van der Waals surface area contributed by atoms with Crippen molar-refractivity contribution in [3.63, 3.8) is 0 Å². The van der Waals surface area contributed by atoms with Gasteiger partial charge in [0.2, 0.25) is 11.9 Å². The zero-order valence-electron chi connectivity index (χ0n) is 16.1. The van der Waals surface area contributed by atoms with E-state index in [0.29, 0.717) is 23.7 Å². The quantitative estimate of drug-likeness (QED) is 0.833. The molecule has 0 aromatic heterocycles. The van der Waals surface area contributed by atoms with Crippen LogP contribution in [0.1, 0.15) is 40.9 Å². The van der Waals surface area contributed by atoms with Crippen molar-refractivity contribution in [3.05, 3.63) is 59.2 Å². The third-order valence-corrected chi connectivity index (χ3v) is 4.31. The van der Waals surface area contributed by atoms with Gasteiger partial charge in [0.15, 0.2) is 11.5 Å². The molecule has 0 saturated carbocycles. The summed E-state index contributed by atoms with van der Waals surface area (Å²) in [5.41, 5.74) is 2.28. The summed E-state index contributed by atoms with van der Waals surface area (Å²) in [6, 6.07) is 12.2. The van der Waals surface area contributed by atoms with E-state index in [0.717, 1.165) is 11.1 Å². The largest absolute Gasteiger partial charge is 0.493 e. The van der Waals surface area contributed by atoms with Crippen LogP contribution in [0.3, 0.4) is 0 Å². The number of rotatable bonds is 5. The summed E-state index contributed by atoms with van der Waals surface area (Å²) >= 11 is 0. The molecular formula is C21H23N3O4. The molecule has 0 spiro atoms. The van der Waals surface area contributed by atoms with Crippen molar-refractivity contribution < 1.29 is 19.1 Å². The SMILES string of the molecule is CCOc1ccc([C@H]2CC(=O)NC(NC(=O)c3cccc(C)c3)=N2)cc1OC. The molecule has 0 radical (unpaired) electrons. The number of methoxy groups -OCH3 is 1. The van der Waals surface area contributed by atoms with Crippen molar-refractivity contribution in [3.8, 4) is 11.5 Å². The molecule has 0 saturated heterocycles. The third kappa shape index (κ3) is 4.49. The molecule has 146 valence electrons. The fourth-order valence-corrected chi connectivity index (χ4v) is 2.98. The average Bonchev–Trinajstić information content (AvgIpc) is 2.68. The van der Waals surface area contributed by atoms with Crippen LogP contribution in [0, 0.1) is 6.92 Å². The first-order chi connectivity index (χ1) is 13.5. The fraction of sp³-hybridized carbons (Fsp3) is 0.286. The van der Waals surface area contributed by atoms with Crippen LogP contribution in [0.15, 0.2) is 47.5 Å². The molecular weight excluding hydrogens is 358 g/mol. The van der Waals surface area contributed by atoms with Crippen molar-refractivity contribution in [1.82, 2.24) is 10.6 Å². The Hall–Kier alpha value is -3.35. The lowest BCUT2D eigenvalue weighted by molar-refractivity contribution is -0.120. The lowest BCUT2D eigenvalue weighted by Gasteiger charge is -2.22. The molecule has 0 unspecified atom stereocenters. The van der Waals surface area contributed by atoms with Crippen LogP contribution in [0.4, 0.5) is 0 Å². The molecule has 7 heteroatoms. The molecule has 1 heterocycles. The van der Waals surface area contributed by atoms with Gasteiger partial charge in [-0.05, 0) is 43.7 Å². The van der Waals surface area contributed by atoms with Gasteiger partial charge in [0.1, 0.15) is 0 Å². The lowest BCUT2D eigenvalue weighted by Crippen LogP contribution is -2.47. The molecule has 1 aliphatic rings. The van der Waals surface area contributed by atoms with Crippen LogP contribution in [-0.4, -0.2) is 31.5 Å². The van der Waals surface area contributed by atoms with E-state index >= 15 is 0 Å². The first-order valence-electron chi connectivity index (χ1n) is 9.06. The topological polar surface area (TPSA) is 89.0 Å². The predicted octanol–water partition coefficient (Wildman–Crippen LogP) is 2.75. The molecule has 28 heavy (non-hydrogen) atoms. The van der Waals surface area contributed by atoms with Crippen LogP contribution >= 0.6 is 0 Å². The Bertz CT molecular complexity index is 924. The summed E-state index contributed by atoms with van der Waals surface area (Å²) < 4.78 is 10.9. The number of carbonyl (C=O) groups excluding carboxylic acids is 2. The van der Waals surface area contributed by atoms with Gasteiger partial charge in [0.25, 0.3) is 5.91 Å². The fourth-order valence-electron chi connectivity index (χ4n) is 2.98. The molecule has 0 fully saturated rings. The van der Waals surface area contributed by atoms with Crippen molar-refractivity contribution in [2.75, 3.05) is 13.7 Å². The second-order valence-corrected chi connectivity index (χ2v) is 6.41. The van der Waals surface area contributed by atoms with Gasteiger partial charge in [0, 0.05) is 5.56 Å². The van der Waals surface area contributed by atoms with Gasteiger partial charge in [-0.1, -0.05) is 23.8 Å². The van der Waals surface area contributed by atoms with E-state index in [1.807, 2.05) is 26.0 Å². The maximum absolute atomic E-state index is 12.5. The molecule has 2 aromatic carbocycles. The summed E-state index contributed by atoms with van der Waals surface area (Å²) in [6.45, 7) is 4.33. The predicted molar refractivity (Wildman–Crippen MR) is 106 cm³/mol. The van der Waals surface area contributed by atoms with E-state index in [2.05, 4.69) is 15.6 Å². The van der Waals surface area contributed by atoms with Gasteiger partial charge < -0.3 is 9.47 Å². The van der Waals surface area contributed by atoms with Gasteiger partial charge in [-0.25, -0.2) is 4.99 Å². The Morgan fingerprint density at radius 1 is 1.25 bits per heavy atom. The second kappa shape index (κ2) is 8.56. The standard InChI is InChI=1S/C21H23N3O4/c1-4-28-17-9-8-14(11-18(17)27-3)16-12-19(25)23-21(22-16)24-20(26)15-7-5-6-13(2)10-15/h5-11,16H,4,12H2,1-3H3,(H2,22,23,24,25,26)/t16-/m1/s1. The number of ether oxygens (including phenoxy) is 2. The van der Waals surface area contributed by atoms with Crippen LogP contribution in [0.5, 0.6) is 11.5 Å². The molecule has 7 nitrogen and oxygen atoms in total. The van der Waals surface area contributed by atoms with E-state index in [9.17, 15) is 9.59 Å². The van der Waals surface area contributed by atoms with E-state index in [1.54, 1.807) is 37.4 Å². The summed E-state index contributed by atoms with van der Waals surface area (Å²) in [5.74, 6) is 0.803. The number of nitrogens with one attached hydrogen (secondary N) is 2. The molecule has 1 atom stereocenters. The highest BCUT2D eigenvalue weighted by atomic mass is 16.5. The van der Waals surface area contributed by atoms with Crippen molar-refractivity contribution in [2.24, 2.45) is 4.99 Å². The minimum Gasteiger partial charge on any atom is -0.493 e. The number of aryl methyl sites for hydroxylation is 1. The molecule has 1 aliphatic heterocycles. The Labute approximate surface area is 163 Å². The molecule has 3 rings (SSSR count). The number of benzene rings is 2. The van der Waals surface area contributed by atoms with Gasteiger partial charge in [0.05, 0.1) is 26.2 Å². The molecule has 0 aliphatic carbocycles. The first kappa shape index (κ1) is 19.4. The van der Waals surface area contributed by atoms with Gasteiger partial charge in [-0.3, -0.25) is 20.2 Å². The molecule has 0 bridgehead atoms. The van der Waals surface area contributed by atoms with Crippen LogP contribution in [0.2, 0.25) is 0 Å². The number of hydrogen-bond donors (Lipinski definition) is 2. The maximum atomic E-state index is 12.5. The van der Waals surface area contributed by atoms with Crippen molar-refractivity contribution in [2.45, 2.75) is 26.3 Å². The zero-order valence-corrected chi connectivity index (χ0v) is 16.1. The lowest BCUT2D eigenvalue weighted by atomic mass is 10.0. The molecule has 2 N–H and O–H groups in total. The maximum Gasteiger partial charge on any atom is 0.257 e. The van der Waals surface area contributed by atoms with E-state index in [4.69, 9.17) is 9.47 Å². The number of nitrogens with zero attached hydrogens (tertiary/aromatic N) is 1. The Morgan fingerprint density at radius 2 is 2.07 bits per heavy atom. The van der Waals surface area contributed by atoms with Gasteiger partial charge in [-0.2, -0.15) is 0 Å². The number of guanidine groups is 1. The average molecular weight is 381 g/mol. The Kier molecular flexibility index (Phi) is 5.93. The number of aliphatic imine (C=N–C) groups is 1. The summed E-state index contributed by atoms with van der Waals surface area (Å²) in [4.78, 5) is 29.1. The first-order valence-corrected chi connectivity index (χ1v) is 9.06. The van der Waals surface area contributed by atoms with Crippen molar-refractivity contribution in [1.29, 1.82) is 0 Å². The van der Waals surface area contributed by atoms with Crippen LogP contribution in [0.25, 0.3) is 0 Å². The normalized spacial score (nSPS) is 16.0. The highest BCUT2D eigenvalue weighted by Gasteiger charge is 2.24. The summed E-state index contributed by atoms with van der Waals surface area (Å²) in [7, 11) is 1.56. The van der Waals surface area contributed by atoms with Crippen molar-refractivity contribution >= 4 is 17.8 Å². The number of hydrogen-bond acceptors (Lipinski definition) is 5. The van der Waals surface area contributed by atoms with Gasteiger partial charge >= 0.3 is 0 Å². The van der Waals surface area contributed by atoms with E-state index in [1.165, 1.54) is 0 Å². The van der Waals surface area contributed by atoms with Crippen LogP contribution in [-0.2, 0) is 4.79 Å². The smallest absolute Gasteiger partial charge is 0.257 e. The highest BCUT2D eigenvalue weighted by Crippen LogP contribution is 2.33. The van der Waals surface area contributed by atoms with E-state index < -0.39 is 6.04 Å². The number of carbonyl (C=O) groups is 2. The minimum atomic E-state index is -0.425. The minimum absolute atomic E-state index is 0.139. The van der Waals surface area contributed by atoms with Gasteiger partial charge in [-0.15, -0.1) is 0 Å². The van der Waals surface area contributed by atoms with Crippen LogP contribution < -0.4 is 20.1 Å². The number of amides is 2.